The first-order valence-electron chi connectivity index (χ1n) is 6.09. The number of carbonyl (C=O) groups is 1. The molecule has 0 aromatic rings. The summed E-state index contributed by atoms with van der Waals surface area (Å²) in [4.78, 5) is 15.8. The molecule has 92 valence electrons. The van der Waals surface area contributed by atoms with Crippen molar-refractivity contribution in [3.63, 3.8) is 0 Å². The molecule has 0 heterocycles. The van der Waals surface area contributed by atoms with Crippen LogP contribution in [-0.4, -0.2) is 42.9 Å². The van der Waals surface area contributed by atoms with Crippen LogP contribution in [0.4, 0.5) is 0 Å². The molecule has 0 N–H and O–H groups in total. The minimum atomic E-state index is 0.101. The molecular formula is C13H24N2O. The van der Waals surface area contributed by atoms with Gasteiger partial charge in [0.05, 0.1) is 5.70 Å². The maximum Gasteiger partial charge on any atom is 0.269 e. The first kappa shape index (κ1) is 13.1. The van der Waals surface area contributed by atoms with Crippen LogP contribution >= 0.6 is 0 Å². The van der Waals surface area contributed by atoms with Crippen LogP contribution in [-0.2, 0) is 4.79 Å². The fraction of sp³-hybridized carbons (Fsp3) is 0.769. The number of amides is 1. The molecule has 16 heavy (non-hydrogen) atoms. The SMILES string of the molecule is CC=C(C(=O)N(C)C)N(C)C1CCCC1C. The molecule has 1 aliphatic carbocycles. The van der Waals surface area contributed by atoms with E-state index in [1.165, 1.54) is 19.3 Å². The Kier molecular flexibility index (Phi) is 4.39. The molecule has 0 spiro atoms. The second-order valence-electron chi connectivity index (χ2n) is 4.96. The minimum absolute atomic E-state index is 0.101. The summed E-state index contributed by atoms with van der Waals surface area (Å²) in [6, 6.07) is 0.523. The molecule has 1 amide bonds. The summed E-state index contributed by atoms with van der Waals surface area (Å²) in [5.74, 6) is 0.791. The van der Waals surface area contributed by atoms with Crippen molar-refractivity contribution >= 4 is 5.91 Å². The van der Waals surface area contributed by atoms with Gasteiger partial charge < -0.3 is 9.80 Å². The summed E-state index contributed by atoms with van der Waals surface area (Å²) in [6.45, 7) is 4.22. The summed E-state index contributed by atoms with van der Waals surface area (Å²) in [7, 11) is 5.65. The summed E-state index contributed by atoms with van der Waals surface area (Å²) in [5.41, 5.74) is 0.823. The molecule has 0 bridgehead atoms. The minimum Gasteiger partial charge on any atom is -0.367 e. The molecule has 1 rings (SSSR count). The van der Waals surface area contributed by atoms with Gasteiger partial charge in [0.1, 0.15) is 0 Å². The number of nitrogens with zero attached hydrogens (tertiary/aromatic N) is 2. The topological polar surface area (TPSA) is 23.6 Å². The van der Waals surface area contributed by atoms with Crippen molar-refractivity contribution in [1.82, 2.24) is 9.80 Å². The molecule has 1 aliphatic rings. The van der Waals surface area contributed by atoms with E-state index in [0.717, 1.165) is 5.70 Å². The third kappa shape index (κ3) is 2.57. The van der Waals surface area contributed by atoms with E-state index < -0.39 is 0 Å². The van der Waals surface area contributed by atoms with Gasteiger partial charge in [-0.15, -0.1) is 0 Å². The van der Waals surface area contributed by atoms with Crippen molar-refractivity contribution in [3.8, 4) is 0 Å². The van der Waals surface area contributed by atoms with Crippen molar-refractivity contribution in [1.29, 1.82) is 0 Å². The van der Waals surface area contributed by atoms with Gasteiger partial charge >= 0.3 is 0 Å². The van der Waals surface area contributed by atoms with E-state index in [1.54, 1.807) is 19.0 Å². The third-order valence-electron chi connectivity index (χ3n) is 3.59. The second-order valence-corrected chi connectivity index (χ2v) is 4.96. The first-order chi connectivity index (χ1) is 7.49. The standard InChI is InChI=1S/C13H24N2O/c1-6-11(13(16)14(3)4)15(5)12-9-7-8-10(12)2/h6,10,12H,7-9H2,1-5H3. The van der Waals surface area contributed by atoms with Gasteiger partial charge in [0.2, 0.25) is 0 Å². The normalized spacial score (nSPS) is 25.7. The van der Waals surface area contributed by atoms with Gasteiger partial charge in [-0.3, -0.25) is 4.79 Å². The smallest absolute Gasteiger partial charge is 0.269 e. The lowest BCUT2D eigenvalue weighted by molar-refractivity contribution is -0.126. The van der Waals surface area contributed by atoms with Crippen LogP contribution in [0.15, 0.2) is 11.8 Å². The average molecular weight is 224 g/mol. The maximum absolute atomic E-state index is 12.0. The van der Waals surface area contributed by atoms with E-state index >= 15 is 0 Å². The van der Waals surface area contributed by atoms with E-state index in [-0.39, 0.29) is 5.91 Å². The van der Waals surface area contributed by atoms with Crippen LogP contribution in [0.25, 0.3) is 0 Å². The number of carbonyl (C=O) groups excluding carboxylic acids is 1. The van der Waals surface area contributed by atoms with Crippen LogP contribution in [0, 0.1) is 5.92 Å². The average Bonchev–Trinajstić information content (AvgIpc) is 2.64. The predicted octanol–water partition coefficient (Wildman–Crippen LogP) is 2.10. The monoisotopic (exact) mass is 224 g/mol. The van der Waals surface area contributed by atoms with Gasteiger partial charge in [-0.25, -0.2) is 0 Å². The Morgan fingerprint density at radius 2 is 1.88 bits per heavy atom. The lowest BCUT2D eigenvalue weighted by Gasteiger charge is -2.32. The molecule has 2 atom stereocenters. The fourth-order valence-electron chi connectivity index (χ4n) is 2.59. The number of allylic oxidation sites excluding steroid dienone is 1. The molecule has 3 heteroatoms. The number of hydrogen-bond acceptors (Lipinski definition) is 2. The van der Waals surface area contributed by atoms with E-state index in [1.807, 2.05) is 20.0 Å². The molecule has 0 aromatic carbocycles. The molecule has 0 saturated heterocycles. The van der Waals surface area contributed by atoms with E-state index in [0.29, 0.717) is 12.0 Å². The number of rotatable bonds is 3. The Morgan fingerprint density at radius 1 is 1.25 bits per heavy atom. The van der Waals surface area contributed by atoms with Crippen molar-refractivity contribution in [2.75, 3.05) is 21.1 Å². The molecule has 3 nitrogen and oxygen atoms in total. The first-order valence-corrected chi connectivity index (χ1v) is 6.09. The number of hydrogen-bond donors (Lipinski definition) is 0. The zero-order chi connectivity index (χ0) is 12.3. The zero-order valence-corrected chi connectivity index (χ0v) is 11.2. The zero-order valence-electron chi connectivity index (χ0n) is 11.2. The highest BCUT2D eigenvalue weighted by atomic mass is 16.2. The fourth-order valence-corrected chi connectivity index (χ4v) is 2.59. The van der Waals surface area contributed by atoms with Crippen molar-refractivity contribution in [2.45, 2.75) is 39.2 Å². The van der Waals surface area contributed by atoms with E-state index in [2.05, 4.69) is 11.8 Å². The van der Waals surface area contributed by atoms with Crippen LogP contribution in [0.1, 0.15) is 33.1 Å². The van der Waals surface area contributed by atoms with Crippen molar-refractivity contribution < 1.29 is 4.79 Å². The Labute approximate surface area is 99.1 Å². The van der Waals surface area contributed by atoms with Crippen LogP contribution in [0.2, 0.25) is 0 Å². The van der Waals surface area contributed by atoms with Crippen molar-refractivity contribution in [2.24, 2.45) is 5.92 Å². The Bertz CT molecular complexity index is 284. The van der Waals surface area contributed by atoms with Crippen LogP contribution < -0.4 is 0 Å². The van der Waals surface area contributed by atoms with Gasteiger partial charge in [0.15, 0.2) is 0 Å². The quantitative estimate of drug-likeness (QED) is 0.685. The molecule has 2 unspecified atom stereocenters. The van der Waals surface area contributed by atoms with Gasteiger partial charge in [-0.1, -0.05) is 19.4 Å². The Morgan fingerprint density at radius 3 is 2.25 bits per heavy atom. The maximum atomic E-state index is 12.0. The summed E-state index contributed by atoms with van der Waals surface area (Å²) >= 11 is 0. The molecule has 0 aliphatic heterocycles. The predicted molar refractivity (Wildman–Crippen MR) is 67.0 cm³/mol. The Hall–Kier alpha value is -0.990. The molecule has 0 radical (unpaired) electrons. The third-order valence-corrected chi connectivity index (χ3v) is 3.59. The van der Waals surface area contributed by atoms with Gasteiger partial charge in [-0.2, -0.15) is 0 Å². The lowest BCUT2D eigenvalue weighted by Crippen LogP contribution is -2.39. The molecule has 1 saturated carbocycles. The Balaban J connectivity index is 2.77. The van der Waals surface area contributed by atoms with Gasteiger partial charge in [0, 0.05) is 27.2 Å². The van der Waals surface area contributed by atoms with E-state index in [9.17, 15) is 4.79 Å². The highest BCUT2D eigenvalue weighted by molar-refractivity contribution is 5.92. The van der Waals surface area contributed by atoms with Crippen LogP contribution in [0.3, 0.4) is 0 Å². The van der Waals surface area contributed by atoms with Gasteiger partial charge in [0.25, 0.3) is 5.91 Å². The molecular weight excluding hydrogens is 200 g/mol. The van der Waals surface area contributed by atoms with Gasteiger partial charge in [-0.05, 0) is 25.7 Å². The number of likely N-dealkylation sites (N-methyl/N-ethyl adjacent to an activating group) is 2. The second kappa shape index (κ2) is 5.37. The lowest BCUT2D eigenvalue weighted by atomic mass is 10.0. The molecule has 1 fully saturated rings. The van der Waals surface area contributed by atoms with Crippen LogP contribution in [0.5, 0.6) is 0 Å². The molecule has 0 aromatic heterocycles. The highest BCUT2D eigenvalue weighted by Crippen LogP contribution is 2.30. The highest BCUT2D eigenvalue weighted by Gasteiger charge is 2.30. The largest absolute Gasteiger partial charge is 0.367 e. The van der Waals surface area contributed by atoms with Crippen molar-refractivity contribution in [3.05, 3.63) is 11.8 Å². The summed E-state index contributed by atoms with van der Waals surface area (Å²) in [6.07, 6.45) is 5.69. The summed E-state index contributed by atoms with van der Waals surface area (Å²) < 4.78 is 0. The van der Waals surface area contributed by atoms with E-state index in [4.69, 9.17) is 0 Å². The summed E-state index contributed by atoms with van der Waals surface area (Å²) in [5, 5.41) is 0.